The van der Waals surface area contributed by atoms with Gasteiger partial charge in [0.25, 0.3) is 0 Å². The molecular weight excluding hydrogens is 346 g/mol. The first-order valence-corrected chi connectivity index (χ1v) is 8.31. The zero-order valence-electron chi connectivity index (χ0n) is 15.2. The largest absolute Gasteiger partial charge is 0.478 e. The minimum Gasteiger partial charge on any atom is -0.478 e. The summed E-state index contributed by atoms with van der Waals surface area (Å²) in [6.07, 6.45) is 0.753. The van der Waals surface area contributed by atoms with Gasteiger partial charge in [-0.15, -0.1) is 0 Å². The van der Waals surface area contributed by atoms with Crippen LogP contribution in [0.1, 0.15) is 31.1 Å². The molecule has 7 heteroatoms. The quantitative estimate of drug-likeness (QED) is 0.716. The fourth-order valence-corrected chi connectivity index (χ4v) is 2.62. The van der Waals surface area contributed by atoms with Crippen LogP contribution in [0.25, 0.3) is 22.0 Å². The summed E-state index contributed by atoms with van der Waals surface area (Å²) in [6.45, 7) is 5.33. The van der Waals surface area contributed by atoms with Gasteiger partial charge in [0.1, 0.15) is 17.7 Å². The summed E-state index contributed by atoms with van der Waals surface area (Å²) < 4.78 is 5.23. The smallest absolute Gasteiger partial charge is 0.413 e. The molecule has 0 saturated heterocycles. The molecule has 0 unspecified atom stereocenters. The van der Waals surface area contributed by atoms with Crippen molar-refractivity contribution < 1.29 is 19.4 Å². The third-order valence-corrected chi connectivity index (χ3v) is 3.70. The number of anilines is 1. The van der Waals surface area contributed by atoms with E-state index in [4.69, 9.17) is 9.84 Å². The molecule has 1 aromatic heterocycles. The van der Waals surface area contributed by atoms with Gasteiger partial charge in [-0.2, -0.15) is 0 Å². The molecule has 0 bridgehead atoms. The molecule has 3 aromatic rings. The number of aromatic carboxylic acids is 1. The number of carboxylic acids is 1. The fourth-order valence-electron chi connectivity index (χ4n) is 2.62. The van der Waals surface area contributed by atoms with E-state index in [1.54, 1.807) is 45.0 Å². The van der Waals surface area contributed by atoms with Gasteiger partial charge >= 0.3 is 12.1 Å². The lowest BCUT2D eigenvalue weighted by atomic mass is 10.00. The summed E-state index contributed by atoms with van der Waals surface area (Å²) in [4.78, 5) is 31.4. The molecule has 3 rings (SSSR count). The zero-order valence-corrected chi connectivity index (χ0v) is 15.2. The van der Waals surface area contributed by atoms with Crippen molar-refractivity contribution in [1.82, 2.24) is 9.97 Å². The predicted molar refractivity (Wildman–Crippen MR) is 102 cm³/mol. The van der Waals surface area contributed by atoms with Gasteiger partial charge in [0.15, 0.2) is 0 Å². The van der Waals surface area contributed by atoms with Crippen molar-refractivity contribution in [2.75, 3.05) is 5.32 Å². The van der Waals surface area contributed by atoms with Gasteiger partial charge in [-0.05, 0) is 43.7 Å². The van der Waals surface area contributed by atoms with Crippen molar-refractivity contribution in [2.45, 2.75) is 26.4 Å². The van der Waals surface area contributed by atoms with Crippen LogP contribution in [0.2, 0.25) is 0 Å². The second kappa shape index (κ2) is 7.03. The normalized spacial score (nSPS) is 11.2. The van der Waals surface area contributed by atoms with Crippen molar-refractivity contribution in [3.05, 3.63) is 54.4 Å². The average molecular weight is 365 g/mol. The van der Waals surface area contributed by atoms with Gasteiger partial charge < -0.3 is 9.84 Å². The zero-order chi connectivity index (χ0) is 19.6. The first-order chi connectivity index (χ1) is 12.7. The maximum atomic E-state index is 11.9. The molecule has 0 radical (unpaired) electrons. The highest BCUT2D eigenvalue weighted by molar-refractivity contribution is 6.00. The summed E-state index contributed by atoms with van der Waals surface area (Å²) in [7, 11) is 0. The number of carbonyl (C=O) groups is 2. The highest BCUT2D eigenvalue weighted by Gasteiger charge is 2.17. The average Bonchev–Trinajstić information content (AvgIpc) is 2.59. The van der Waals surface area contributed by atoms with E-state index in [-0.39, 0.29) is 5.56 Å². The van der Waals surface area contributed by atoms with Crippen molar-refractivity contribution in [3.8, 4) is 11.3 Å². The minimum atomic E-state index is -0.979. The summed E-state index contributed by atoms with van der Waals surface area (Å²) in [5.74, 6) is -0.665. The van der Waals surface area contributed by atoms with E-state index in [2.05, 4.69) is 15.3 Å². The second-order valence-electron chi connectivity index (χ2n) is 6.96. The molecule has 0 saturated carbocycles. The lowest BCUT2D eigenvalue weighted by Crippen LogP contribution is -2.27. The Labute approximate surface area is 156 Å². The first-order valence-electron chi connectivity index (χ1n) is 8.31. The molecule has 0 fully saturated rings. The predicted octanol–water partition coefficient (Wildman–Crippen LogP) is 4.34. The highest BCUT2D eigenvalue weighted by Crippen LogP contribution is 2.29. The topological polar surface area (TPSA) is 101 Å². The molecular formula is C20H19N3O4. The van der Waals surface area contributed by atoms with E-state index in [0.29, 0.717) is 11.5 Å². The number of amides is 1. The van der Waals surface area contributed by atoms with Crippen LogP contribution in [0.5, 0.6) is 0 Å². The van der Waals surface area contributed by atoms with E-state index in [1.165, 1.54) is 6.33 Å². The number of benzene rings is 2. The Bertz CT molecular complexity index is 1030. The standard InChI is InChI=1S/C20H19N3O4/c1-20(2,3)27-19(26)23-17-10-16(21-11-22-17)15-6-4-5-12-9-13(18(24)25)7-8-14(12)15/h4-11H,1-3H3,(H,24,25)(H,21,22,23,26). The monoisotopic (exact) mass is 365 g/mol. The number of carbonyl (C=O) groups excluding carboxylic acids is 1. The summed E-state index contributed by atoms with van der Waals surface area (Å²) in [5, 5.41) is 13.4. The van der Waals surface area contributed by atoms with E-state index in [0.717, 1.165) is 16.3 Å². The Balaban J connectivity index is 1.95. The van der Waals surface area contributed by atoms with Crippen molar-refractivity contribution >= 4 is 28.7 Å². The summed E-state index contributed by atoms with van der Waals surface area (Å²) in [6, 6.07) is 12.1. The second-order valence-corrected chi connectivity index (χ2v) is 6.96. The van der Waals surface area contributed by atoms with Gasteiger partial charge in [-0.3, -0.25) is 5.32 Å². The van der Waals surface area contributed by atoms with Gasteiger partial charge in [0.2, 0.25) is 0 Å². The van der Waals surface area contributed by atoms with Crippen molar-refractivity contribution in [2.24, 2.45) is 0 Å². The van der Waals surface area contributed by atoms with Crippen molar-refractivity contribution in [1.29, 1.82) is 0 Å². The van der Waals surface area contributed by atoms with Crippen LogP contribution in [0.15, 0.2) is 48.8 Å². The molecule has 0 aliphatic carbocycles. The third-order valence-electron chi connectivity index (χ3n) is 3.70. The van der Waals surface area contributed by atoms with E-state index >= 15 is 0 Å². The maximum absolute atomic E-state index is 11.9. The van der Waals surface area contributed by atoms with Crippen LogP contribution in [-0.2, 0) is 4.74 Å². The molecule has 2 N–H and O–H groups in total. The first kappa shape index (κ1) is 18.3. The molecule has 1 amide bonds. The Morgan fingerprint density at radius 3 is 2.56 bits per heavy atom. The van der Waals surface area contributed by atoms with Crippen LogP contribution in [0, 0.1) is 0 Å². The SMILES string of the molecule is CC(C)(C)OC(=O)Nc1cc(-c2cccc3cc(C(=O)O)ccc23)ncn1. The Morgan fingerprint density at radius 1 is 1.07 bits per heavy atom. The third kappa shape index (κ3) is 4.38. The van der Waals surface area contributed by atoms with E-state index in [9.17, 15) is 9.59 Å². The lowest BCUT2D eigenvalue weighted by molar-refractivity contribution is 0.0633. The summed E-state index contributed by atoms with van der Waals surface area (Å²) >= 11 is 0. The van der Waals surface area contributed by atoms with Gasteiger partial charge in [0, 0.05) is 11.6 Å². The molecule has 7 nitrogen and oxygen atoms in total. The van der Waals surface area contributed by atoms with Gasteiger partial charge in [0.05, 0.1) is 11.3 Å². The Hall–Kier alpha value is -3.48. The van der Waals surface area contributed by atoms with Crippen LogP contribution < -0.4 is 5.32 Å². The highest BCUT2D eigenvalue weighted by atomic mass is 16.6. The van der Waals surface area contributed by atoms with Gasteiger partial charge in [-0.1, -0.05) is 24.3 Å². The van der Waals surface area contributed by atoms with Crippen LogP contribution in [-0.4, -0.2) is 32.7 Å². The number of nitrogens with zero attached hydrogens (tertiary/aromatic N) is 2. The number of fused-ring (bicyclic) bond motifs is 1. The number of nitrogens with one attached hydrogen (secondary N) is 1. The number of aromatic nitrogens is 2. The number of hydrogen-bond acceptors (Lipinski definition) is 5. The maximum Gasteiger partial charge on any atom is 0.413 e. The fraction of sp³-hybridized carbons (Fsp3) is 0.200. The van der Waals surface area contributed by atoms with Crippen LogP contribution >= 0.6 is 0 Å². The minimum absolute atomic E-state index is 0.217. The molecule has 138 valence electrons. The molecule has 0 aliphatic heterocycles. The molecule has 2 aromatic carbocycles. The number of carboxylic acid groups (broad SMARTS) is 1. The van der Waals surface area contributed by atoms with Crippen LogP contribution in [0.3, 0.4) is 0 Å². The Kier molecular flexibility index (Phi) is 4.77. The molecule has 0 aliphatic rings. The van der Waals surface area contributed by atoms with Gasteiger partial charge in [-0.25, -0.2) is 19.6 Å². The van der Waals surface area contributed by atoms with E-state index in [1.807, 2.05) is 18.2 Å². The molecule has 27 heavy (non-hydrogen) atoms. The molecule has 0 spiro atoms. The Morgan fingerprint density at radius 2 is 1.85 bits per heavy atom. The van der Waals surface area contributed by atoms with Crippen molar-refractivity contribution in [3.63, 3.8) is 0 Å². The van der Waals surface area contributed by atoms with Crippen LogP contribution in [0.4, 0.5) is 10.6 Å². The number of hydrogen-bond donors (Lipinski definition) is 2. The summed E-state index contributed by atoms with van der Waals surface area (Å²) in [5.41, 5.74) is 1.01. The number of ether oxygens (including phenoxy) is 1. The lowest BCUT2D eigenvalue weighted by Gasteiger charge is -2.19. The molecule has 1 heterocycles. The van der Waals surface area contributed by atoms with E-state index < -0.39 is 17.7 Å². The molecule has 0 atom stereocenters. The number of rotatable bonds is 3.